The Balaban J connectivity index is 1.85. The third kappa shape index (κ3) is 3.23. The number of carbonyl (C=O) groups excluding carboxylic acids is 1. The summed E-state index contributed by atoms with van der Waals surface area (Å²) < 4.78 is 0. The number of aliphatic hydroxyl groups is 1. The van der Waals surface area contributed by atoms with E-state index in [2.05, 4.69) is 0 Å². The van der Waals surface area contributed by atoms with Crippen molar-refractivity contribution in [1.82, 2.24) is 4.90 Å². The van der Waals surface area contributed by atoms with Crippen LogP contribution in [-0.2, 0) is 4.79 Å². The van der Waals surface area contributed by atoms with Crippen molar-refractivity contribution in [2.75, 3.05) is 26.2 Å². The normalized spacial score (nSPS) is 32.8. The summed E-state index contributed by atoms with van der Waals surface area (Å²) in [6.07, 6.45) is 6.49. The van der Waals surface area contributed by atoms with Crippen LogP contribution in [0.25, 0.3) is 0 Å². The van der Waals surface area contributed by atoms with Gasteiger partial charge in [-0.2, -0.15) is 0 Å². The molecule has 0 bridgehead atoms. The lowest BCUT2D eigenvalue weighted by atomic mass is 9.79. The highest BCUT2D eigenvalue weighted by Crippen LogP contribution is 2.33. The minimum Gasteiger partial charge on any atom is -0.396 e. The summed E-state index contributed by atoms with van der Waals surface area (Å²) in [6, 6.07) is 0. The van der Waals surface area contributed by atoms with Gasteiger partial charge in [0.2, 0.25) is 5.91 Å². The minimum absolute atomic E-state index is 0.213. The van der Waals surface area contributed by atoms with Gasteiger partial charge in [-0.05, 0) is 38.1 Å². The molecule has 2 aliphatic rings. The van der Waals surface area contributed by atoms with Gasteiger partial charge in [0.1, 0.15) is 0 Å². The summed E-state index contributed by atoms with van der Waals surface area (Å²) in [5.41, 5.74) is 5.62. The maximum atomic E-state index is 12.4. The van der Waals surface area contributed by atoms with E-state index in [1.807, 2.05) is 4.90 Å². The molecule has 2 fully saturated rings. The highest BCUT2D eigenvalue weighted by atomic mass is 16.3. The molecule has 0 radical (unpaired) electrons. The lowest BCUT2D eigenvalue weighted by molar-refractivity contribution is -0.136. The SMILES string of the molecule is NCCC1CCCC(C(=O)N2CCC(CO)C2)C1. The summed E-state index contributed by atoms with van der Waals surface area (Å²) in [7, 11) is 0. The molecule has 1 saturated heterocycles. The highest BCUT2D eigenvalue weighted by molar-refractivity contribution is 5.79. The zero-order chi connectivity index (χ0) is 13.0. The van der Waals surface area contributed by atoms with Crippen molar-refractivity contribution in [3.63, 3.8) is 0 Å². The molecule has 1 aliphatic carbocycles. The molecule has 1 amide bonds. The largest absolute Gasteiger partial charge is 0.396 e. The number of aliphatic hydroxyl groups excluding tert-OH is 1. The molecule has 1 heterocycles. The van der Waals surface area contributed by atoms with Crippen LogP contribution in [0.1, 0.15) is 38.5 Å². The molecule has 0 spiro atoms. The number of likely N-dealkylation sites (tertiary alicyclic amines) is 1. The fourth-order valence-corrected chi connectivity index (χ4v) is 3.45. The highest BCUT2D eigenvalue weighted by Gasteiger charge is 2.33. The molecule has 3 unspecified atom stereocenters. The van der Waals surface area contributed by atoms with Gasteiger partial charge in [0, 0.05) is 31.5 Å². The summed E-state index contributed by atoms with van der Waals surface area (Å²) in [4.78, 5) is 14.4. The first-order valence-corrected chi connectivity index (χ1v) is 7.34. The van der Waals surface area contributed by atoms with E-state index in [1.54, 1.807) is 0 Å². The molecule has 4 nitrogen and oxygen atoms in total. The second kappa shape index (κ2) is 6.53. The van der Waals surface area contributed by atoms with Crippen molar-refractivity contribution in [3.8, 4) is 0 Å². The molecule has 3 N–H and O–H groups in total. The average molecular weight is 254 g/mol. The molecule has 18 heavy (non-hydrogen) atoms. The van der Waals surface area contributed by atoms with Gasteiger partial charge in [-0.15, -0.1) is 0 Å². The van der Waals surface area contributed by atoms with Gasteiger partial charge in [-0.3, -0.25) is 4.79 Å². The lowest BCUT2D eigenvalue weighted by Gasteiger charge is -2.31. The lowest BCUT2D eigenvalue weighted by Crippen LogP contribution is -2.37. The smallest absolute Gasteiger partial charge is 0.225 e. The van der Waals surface area contributed by atoms with Gasteiger partial charge in [0.05, 0.1) is 0 Å². The maximum absolute atomic E-state index is 12.4. The van der Waals surface area contributed by atoms with E-state index >= 15 is 0 Å². The Morgan fingerprint density at radius 3 is 2.78 bits per heavy atom. The van der Waals surface area contributed by atoms with Crippen molar-refractivity contribution in [2.45, 2.75) is 38.5 Å². The Morgan fingerprint density at radius 2 is 2.11 bits per heavy atom. The molecule has 0 aromatic heterocycles. The number of carbonyl (C=O) groups is 1. The number of hydrogen-bond donors (Lipinski definition) is 2. The average Bonchev–Trinajstić information content (AvgIpc) is 2.87. The van der Waals surface area contributed by atoms with Crippen LogP contribution in [0.15, 0.2) is 0 Å². The van der Waals surface area contributed by atoms with Crippen molar-refractivity contribution in [3.05, 3.63) is 0 Å². The van der Waals surface area contributed by atoms with Gasteiger partial charge in [-0.25, -0.2) is 0 Å². The van der Waals surface area contributed by atoms with Crippen LogP contribution in [0.3, 0.4) is 0 Å². The first-order valence-electron chi connectivity index (χ1n) is 7.34. The van der Waals surface area contributed by atoms with E-state index in [9.17, 15) is 4.79 Å². The van der Waals surface area contributed by atoms with E-state index in [0.717, 1.165) is 45.3 Å². The zero-order valence-electron chi connectivity index (χ0n) is 11.2. The van der Waals surface area contributed by atoms with Crippen molar-refractivity contribution in [1.29, 1.82) is 0 Å². The van der Waals surface area contributed by atoms with Crippen LogP contribution < -0.4 is 5.73 Å². The third-order valence-corrected chi connectivity index (χ3v) is 4.56. The monoisotopic (exact) mass is 254 g/mol. The summed E-state index contributed by atoms with van der Waals surface area (Å²) in [5, 5.41) is 9.14. The van der Waals surface area contributed by atoms with Crippen LogP contribution in [0.4, 0.5) is 0 Å². The van der Waals surface area contributed by atoms with Crippen LogP contribution in [0.2, 0.25) is 0 Å². The number of amides is 1. The van der Waals surface area contributed by atoms with Crippen LogP contribution in [-0.4, -0.2) is 42.2 Å². The summed E-state index contributed by atoms with van der Waals surface area (Å²) in [6.45, 7) is 2.54. The van der Waals surface area contributed by atoms with E-state index < -0.39 is 0 Å². The summed E-state index contributed by atoms with van der Waals surface area (Å²) in [5.74, 6) is 1.49. The number of hydrogen-bond acceptors (Lipinski definition) is 3. The van der Waals surface area contributed by atoms with E-state index in [1.165, 1.54) is 12.8 Å². The molecule has 2 rings (SSSR count). The fourth-order valence-electron chi connectivity index (χ4n) is 3.45. The van der Waals surface area contributed by atoms with E-state index in [4.69, 9.17) is 10.8 Å². The predicted molar refractivity (Wildman–Crippen MR) is 70.9 cm³/mol. The second-order valence-corrected chi connectivity index (χ2v) is 5.93. The Labute approximate surface area is 110 Å². The zero-order valence-corrected chi connectivity index (χ0v) is 11.2. The molecule has 1 saturated carbocycles. The Hall–Kier alpha value is -0.610. The minimum atomic E-state index is 0.213. The topological polar surface area (TPSA) is 66.6 Å². The van der Waals surface area contributed by atoms with Gasteiger partial charge < -0.3 is 15.7 Å². The van der Waals surface area contributed by atoms with Crippen molar-refractivity contribution < 1.29 is 9.90 Å². The molecular formula is C14H26N2O2. The Morgan fingerprint density at radius 1 is 1.28 bits per heavy atom. The van der Waals surface area contributed by atoms with Gasteiger partial charge >= 0.3 is 0 Å². The molecule has 3 atom stereocenters. The Kier molecular flexibility index (Phi) is 5.01. The van der Waals surface area contributed by atoms with Crippen LogP contribution >= 0.6 is 0 Å². The van der Waals surface area contributed by atoms with Crippen molar-refractivity contribution in [2.24, 2.45) is 23.5 Å². The summed E-state index contributed by atoms with van der Waals surface area (Å²) >= 11 is 0. The number of rotatable bonds is 4. The number of nitrogens with two attached hydrogens (primary N) is 1. The molecule has 104 valence electrons. The second-order valence-electron chi connectivity index (χ2n) is 5.93. The molecule has 4 heteroatoms. The van der Waals surface area contributed by atoms with Gasteiger partial charge in [-0.1, -0.05) is 12.8 Å². The standard InChI is InChI=1S/C14H26N2O2/c15-6-4-11-2-1-3-13(8-11)14(18)16-7-5-12(9-16)10-17/h11-13,17H,1-10,15H2. The van der Waals surface area contributed by atoms with E-state index in [-0.39, 0.29) is 12.5 Å². The quantitative estimate of drug-likeness (QED) is 0.786. The maximum Gasteiger partial charge on any atom is 0.225 e. The van der Waals surface area contributed by atoms with Gasteiger partial charge in [0.15, 0.2) is 0 Å². The predicted octanol–water partition coefficient (Wildman–Crippen LogP) is 0.982. The van der Waals surface area contributed by atoms with E-state index in [0.29, 0.717) is 17.7 Å². The van der Waals surface area contributed by atoms with Crippen LogP contribution in [0.5, 0.6) is 0 Å². The molecule has 0 aromatic rings. The van der Waals surface area contributed by atoms with Crippen molar-refractivity contribution >= 4 is 5.91 Å². The Bertz CT molecular complexity index is 281. The molecule has 0 aromatic carbocycles. The van der Waals surface area contributed by atoms with Gasteiger partial charge in [0.25, 0.3) is 0 Å². The first kappa shape index (κ1) is 13.8. The molecule has 1 aliphatic heterocycles. The first-order chi connectivity index (χ1) is 8.74. The third-order valence-electron chi connectivity index (χ3n) is 4.56. The van der Waals surface area contributed by atoms with Crippen LogP contribution in [0, 0.1) is 17.8 Å². The molecular weight excluding hydrogens is 228 g/mol. The number of nitrogens with zero attached hydrogens (tertiary/aromatic N) is 1. The fraction of sp³-hybridized carbons (Fsp3) is 0.929.